The molecule has 0 radical (unpaired) electrons. The van der Waals surface area contributed by atoms with E-state index >= 15 is 0 Å². The standard InChI is InChI=1S/C11H23N3O2S/c1-14-8-2-3-10(14)9-13-17(15,16)11-4-6-12-7-5-11/h10-13H,2-9H2,1H3. The molecule has 0 spiro atoms. The van der Waals surface area contributed by atoms with Gasteiger partial charge < -0.3 is 10.2 Å². The molecule has 100 valence electrons. The summed E-state index contributed by atoms with van der Waals surface area (Å²) < 4.78 is 27.0. The molecule has 2 aliphatic rings. The summed E-state index contributed by atoms with van der Waals surface area (Å²) in [5, 5.41) is 2.99. The Bertz CT molecular complexity index is 339. The zero-order valence-corrected chi connectivity index (χ0v) is 11.3. The van der Waals surface area contributed by atoms with Crippen molar-refractivity contribution in [1.29, 1.82) is 0 Å². The molecule has 0 aliphatic carbocycles. The second kappa shape index (κ2) is 5.65. The highest BCUT2D eigenvalue weighted by atomic mass is 32.2. The molecule has 2 N–H and O–H groups in total. The Morgan fingerprint density at radius 3 is 2.59 bits per heavy atom. The molecule has 0 amide bonds. The third-order valence-corrected chi connectivity index (χ3v) is 5.83. The van der Waals surface area contributed by atoms with E-state index in [1.165, 1.54) is 6.42 Å². The molecule has 2 heterocycles. The van der Waals surface area contributed by atoms with Crippen molar-refractivity contribution < 1.29 is 8.42 Å². The summed E-state index contributed by atoms with van der Waals surface area (Å²) in [6, 6.07) is 0.381. The van der Waals surface area contributed by atoms with Crippen LogP contribution in [0.2, 0.25) is 0 Å². The number of nitrogens with one attached hydrogen (secondary N) is 2. The van der Waals surface area contributed by atoms with Crippen LogP contribution >= 0.6 is 0 Å². The van der Waals surface area contributed by atoms with Crippen molar-refractivity contribution in [2.75, 3.05) is 33.2 Å². The Morgan fingerprint density at radius 2 is 2.00 bits per heavy atom. The molecule has 0 saturated carbocycles. The van der Waals surface area contributed by atoms with E-state index in [0.29, 0.717) is 12.6 Å². The van der Waals surface area contributed by atoms with Crippen molar-refractivity contribution >= 4 is 10.0 Å². The predicted octanol–water partition coefficient (Wildman–Crippen LogP) is -0.248. The van der Waals surface area contributed by atoms with E-state index in [1.807, 2.05) is 0 Å². The zero-order valence-electron chi connectivity index (χ0n) is 10.5. The second-order valence-electron chi connectivity index (χ2n) is 5.12. The number of piperidine rings is 1. The quantitative estimate of drug-likeness (QED) is 0.733. The summed E-state index contributed by atoms with van der Waals surface area (Å²) in [6.45, 7) is 3.28. The highest BCUT2D eigenvalue weighted by Crippen LogP contribution is 2.16. The van der Waals surface area contributed by atoms with E-state index < -0.39 is 10.0 Å². The van der Waals surface area contributed by atoms with Crippen LogP contribution < -0.4 is 10.0 Å². The Hall–Kier alpha value is -0.170. The lowest BCUT2D eigenvalue weighted by atomic mass is 10.2. The minimum absolute atomic E-state index is 0.199. The third-order valence-electron chi connectivity index (χ3n) is 3.92. The van der Waals surface area contributed by atoms with Crippen LogP contribution in [-0.4, -0.2) is 57.8 Å². The maximum atomic E-state index is 12.1. The minimum Gasteiger partial charge on any atom is -0.317 e. The summed E-state index contributed by atoms with van der Waals surface area (Å²) in [4.78, 5) is 2.24. The molecule has 2 saturated heterocycles. The fourth-order valence-electron chi connectivity index (χ4n) is 2.67. The Balaban J connectivity index is 1.84. The molecule has 6 heteroatoms. The van der Waals surface area contributed by atoms with Gasteiger partial charge in [-0.25, -0.2) is 13.1 Å². The van der Waals surface area contributed by atoms with Crippen molar-refractivity contribution in [3.8, 4) is 0 Å². The molecular weight excluding hydrogens is 238 g/mol. The normalized spacial score (nSPS) is 28.6. The first-order valence-corrected chi connectivity index (χ1v) is 8.03. The number of sulfonamides is 1. The smallest absolute Gasteiger partial charge is 0.214 e. The molecule has 1 atom stereocenters. The molecule has 2 fully saturated rings. The van der Waals surface area contributed by atoms with Crippen molar-refractivity contribution in [2.24, 2.45) is 0 Å². The van der Waals surface area contributed by atoms with Gasteiger partial charge in [-0.05, 0) is 52.4 Å². The molecule has 1 unspecified atom stereocenters. The molecule has 0 bridgehead atoms. The number of hydrogen-bond donors (Lipinski definition) is 2. The number of nitrogens with zero attached hydrogens (tertiary/aromatic N) is 1. The van der Waals surface area contributed by atoms with Gasteiger partial charge in [-0.2, -0.15) is 0 Å². The van der Waals surface area contributed by atoms with Gasteiger partial charge in [0.2, 0.25) is 10.0 Å². The van der Waals surface area contributed by atoms with Crippen LogP contribution in [0.3, 0.4) is 0 Å². The van der Waals surface area contributed by atoms with Crippen molar-refractivity contribution in [3.05, 3.63) is 0 Å². The Kier molecular flexibility index (Phi) is 4.41. The Morgan fingerprint density at radius 1 is 1.29 bits per heavy atom. The number of likely N-dealkylation sites (N-methyl/N-ethyl adjacent to an activating group) is 1. The predicted molar refractivity (Wildman–Crippen MR) is 68.5 cm³/mol. The van der Waals surface area contributed by atoms with Crippen molar-refractivity contribution in [2.45, 2.75) is 37.0 Å². The van der Waals surface area contributed by atoms with Gasteiger partial charge in [0.15, 0.2) is 0 Å². The lowest BCUT2D eigenvalue weighted by molar-refractivity contribution is 0.310. The average molecular weight is 261 g/mol. The molecule has 0 aromatic carbocycles. The van der Waals surface area contributed by atoms with E-state index in [9.17, 15) is 8.42 Å². The summed E-state index contributed by atoms with van der Waals surface area (Å²) in [6.07, 6.45) is 3.74. The SMILES string of the molecule is CN1CCCC1CNS(=O)(=O)C1CCNCC1. The molecule has 0 aromatic heterocycles. The van der Waals surface area contributed by atoms with Gasteiger partial charge in [-0.3, -0.25) is 0 Å². The summed E-state index contributed by atoms with van der Waals surface area (Å²) in [5.74, 6) is 0. The summed E-state index contributed by atoms with van der Waals surface area (Å²) in [7, 11) is -1.04. The van der Waals surface area contributed by atoms with Crippen molar-refractivity contribution in [3.63, 3.8) is 0 Å². The van der Waals surface area contributed by atoms with Gasteiger partial charge in [0.05, 0.1) is 5.25 Å². The van der Waals surface area contributed by atoms with Crippen LogP contribution in [0.4, 0.5) is 0 Å². The first-order chi connectivity index (χ1) is 8.09. The third kappa shape index (κ3) is 3.40. The maximum absolute atomic E-state index is 12.1. The lowest BCUT2D eigenvalue weighted by Gasteiger charge is -2.25. The fraction of sp³-hybridized carbons (Fsp3) is 1.00. The van der Waals surface area contributed by atoms with E-state index in [1.54, 1.807) is 0 Å². The maximum Gasteiger partial charge on any atom is 0.214 e. The van der Waals surface area contributed by atoms with Crippen molar-refractivity contribution in [1.82, 2.24) is 14.9 Å². The van der Waals surface area contributed by atoms with E-state index in [2.05, 4.69) is 22.0 Å². The average Bonchev–Trinajstić information content (AvgIpc) is 2.74. The molecular formula is C11H23N3O2S. The van der Waals surface area contributed by atoms with E-state index in [0.717, 1.165) is 38.9 Å². The van der Waals surface area contributed by atoms with Gasteiger partial charge in [0.25, 0.3) is 0 Å². The highest BCUT2D eigenvalue weighted by Gasteiger charge is 2.29. The first kappa shape index (κ1) is 13.3. The zero-order chi connectivity index (χ0) is 12.3. The van der Waals surface area contributed by atoms with Crippen LogP contribution in [-0.2, 0) is 10.0 Å². The van der Waals surface area contributed by atoms with Gasteiger partial charge in [0.1, 0.15) is 0 Å². The molecule has 5 nitrogen and oxygen atoms in total. The van der Waals surface area contributed by atoms with Gasteiger partial charge in [-0.15, -0.1) is 0 Å². The summed E-state index contributed by atoms with van der Waals surface area (Å²) >= 11 is 0. The number of likely N-dealkylation sites (tertiary alicyclic amines) is 1. The minimum atomic E-state index is -3.11. The van der Waals surface area contributed by atoms with E-state index in [4.69, 9.17) is 0 Å². The van der Waals surface area contributed by atoms with Crippen LogP contribution in [0.5, 0.6) is 0 Å². The highest BCUT2D eigenvalue weighted by molar-refractivity contribution is 7.90. The molecule has 0 aromatic rings. The number of hydrogen-bond acceptors (Lipinski definition) is 4. The second-order valence-corrected chi connectivity index (χ2v) is 7.16. The monoisotopic (exact) mass is 261 g/mol. The molecule has 2 rings (SSSR count). The number of rotatable bonds is 4. The molecule has 2 aliphatic heterocycles. The fourth-order valence-corrected chi connectivity index (χ4v) is 4.19. The van der Waals surface area contributed by atoms with Gasteiger partial charge in [-0.1, -0.05) is 0 Å². The van der Waals surface area contributed by atoms with Crippen LogP contribution in [0.1, 0.15) is 25.7 Å². The first-order valence-electron chi connectivity index (χ1n) is 6.49. The lowest BCUT2D eigenvalue weighted by Crippen LogP contribution is -2.45. The topological polar surface area (TPSA) is 61.4 Å². The van der Waals surface area contributed by atoms with Crippen LogP contribution in [0, 0.1) is 0 Å². The van der Waals surface area contributed by atoms with Crippen LogP contribution in [0.15, 0.2) is 0 Å². The largest absolute Gasteiger partial charge is 0.317 e. The van der Waals surface area contributed by atoms with Gasteiger partial charge in [0, 0.05) is 12.6 Å². The molecule has 17 heavy (non-hydrogen) atoms. The Labute approximate surface area is 104 Å². The van der Waals surface area contributed by atoms with E-state index in [-0.39, 0.29) is 5.25 Å². The van der Waals surface area contributed by atoms with Crippen LogP contribution in [0.25, 0.3) is 0 Å². The van der Waals surface area contributed by atoms with Gasteiger partial charge >= 0.3 is 0 Å². The summed E-state index contributed by atoms with van der Waals surface area (Å²) in [5.41, 5.74) is 0.